The number of hydrogen-bond donors (Lipinski definition) is 1. The number of nitrogens with one attached hydrogen (secondary N) is 1. The molecular formula is C28H21F3N2O4S. The molecule has 0 spiro atoms. The highest BCUT2D eigenvalue weighted by atomic mass is 32.2. The Labute approximate surface area is 216 Å². The van der Waals surface area contributed by atoms with Gasteiger partial charge in [0, 0.05) is 28.1 Å². The molecule has 0 fully saturated rings. The van der Waals surface area contributed by atoms with Crippen molar-refractivity contribution < 1.29 is 30.8 Å². The van der Waals surface area contributed by atoms with E-state index in [0.717, 1.165) is 34.7 Å². The summed E-state index contributed by atoms with van der Waals surface area (Å²) in [6.07, 6.45) is -3.88. The molecule has 0 saturated heterocycles. The van der Waals surface area contributed by atoms with E-state index in [1.165, 1.54) is 36.4 Å². The lowest BCUT2D eigenvalue weighted by Gasteiger charge is -2.25. The number of amides is 1. The molecule has 0 saturated carbocycles. The maximum absolute atomic E-state index is 13.5. The maximum atomic E-state index is 13.5. The Hall–Kier alpha value is -4.31. The van der Waals surface area contributed by atoms with Crippen molar-refractivity contribution in [1.82, 2.24) is 0 Å². The molecule has 0 radical (unpaired) electrons. The molecule has 0 aliphatic rings. The van der Waals surface area contributed by atoms with Gasteiger partial charge in [0.05, 0.1) is 24.1 Å². The molecule has 0 unspecified atom stereocenters. The van der Waals surface area contributed by atoms with Crippen molar-refractivity contribution in [2.45, 2.75) is 12.7 Å². The molecule has 1 amide bonds. The molecule has 1 aromatic heterocycles. The first kappa shape index (κ1) is 25.3. The van der Waals surface area contributed by atoms with Crippen LogP contribution in [0.1, 0.15) is 21.5 Å². The van der Waals surface area contributed by atoms with Gasteiger partial charge < -0.3 is 9.73 Å². The van der Waals surface area contributed by atoms with Crippen LogP contribution in [0.25, 0.3) is 21.9 Å². The van der Waals surface area contributed by atoms with Gasteiger partial charge in [-0.05, 0) is 48.0 Å². The van der Waals surface area contributed by atoms with Crippen LogP contribution in [0.2, 0.25) is 0 Å². The Balaban J connectivity index is 1.36. The van der Waals surface area contributed by atoms with Gasteiger partial charge in [-0.1, -0.05) is 42.5 Å². The Morgan fingerprint density at radius 3 is 2.24 bits per heavy atom. The number of furan rings is 1. The van der Waals surface area contributed by atoms with Gasteiger partial charge in [-0.25, -0.2) is 8.42 Å². The second kappa shape index (κ2) is 9.53. The van der Waals surface area contributed by atoms with Crippen molar-refractivity contribution in [3.63, 3.8) is 0 Å². The molecule has 0 aliphatic heterocycles. The Morgan fingerprint density at radius 1 is 0.868 bits per heavy atom. The lowest BCUT2D eigenvalue weighted by Crippen LogP contribution is -2.31. The number of fused-ring (bicyclic) bond motifs is 3. The van der Waals surface area contributed by atoms with E-state index in [9.17, 15) is 26.4 Å². The Kier molecular flexibility index (Phi) is 6.36. The largest absolute Gasteiger partial charge is 0.456 e. The van der Waals surface area contributed by atoms with Crippen molar-refractivity contribution in [2.75, 3.05) is 15.9 Å². The molecule has 0 bridgehead atoms. The van der Waals surface area contributed by atoms with Crippen molar-refractivity contribution in [3.05, 3.63) is 108 Å². The minimum absolute atomic E-state index is 0.292. The van der Waals surface area contributed by atoms with Crippen LogP contribution < -0.4 is 9.62 Å². The van der Waals surface area contributed by atoms with Gasteiger partial charge in [0.15, 0.2) is 0 Å². The average Bonchev–Trinajstić information content (AvgIpc) is 3.24. The third-order valence-corrected chi connectivity index (χ3v) is 7.18. The van der Waals surface area contributed by atoms with Gasteiger partial charge in [0.2, 0.25) is 10.0 Å². The zero-order chi connectivity index (χ0) is 27.1. The van der Waals surface area contributed by atoms with Crippen LogP contribution in [0.3, 0.4) is 0 Å². The summed E-state index contributed by atoms with van der Waals surface area (Å²) in [5, 5.41) is 4.69. The molecule has 1 heterocycles. The molecule has 0 aliphatic carbocycles. The number of carbonyl (C=O) groups excluding carboxylic acids is 1. The van der Waals surface area contributed by atoms with E-state index in [2.05, 4.69) is 5.32 Å². The van der Waals surface area contributed by atoms with Gasteiger partial charge in [-0.15, -0.1) is 0 Å². The first-order chi connectivity index (χ1) is 18.0. The lowest BCUT2D eigenvalue weighted by molar-refractivity contribution is -0.137. The molecule has 194 valence electrons. The summed E-state index contributed by atoms with van der Waals surface area (Å²) < 4.78 is 72.0. The van der Waals surface area contributed by atoms with E-state index >= 15 is 0 Å². The van der Waals surface area contributed by atoms with Crippen LogP contribution in [0.15, 0.2) is 95.4 Å². The number of rotatable bonds is 6. The number of sulfonamides is 1. The second-order valence-corrected chi connectivity index (χ2v) is 10.7. The number of carbonyl (C=O) groups is 1. The molecule has 4 aromatic carbocycles. The molecule has 1 N–H and O–H groups in total. The molecular weight excluding hydrogens is 517 g/mol. The average molecular weight is 539 g/mol. The normalized spacial score (nSPS) is 12.1. The van der Waals surface area contributed by atoms with E-state index < -0.39 is 33.4 Å². The highest BCUT2D eigenvalue weighted by Gasteiger charge is 2.36. The zero-order valence-corrected chi connectivity index (χ0v) is 20.8. The SMILES string of the molecule is CS(=O)(=O)N(Cc1ccc(C(=O)Nc2ccc3c(c2)oc2ccccc23)cc1)c1ccccc1C(F)(F)F. The summed E-state index contributed by atoms with van der Waals surface area (Å²) in [4.78, 5) is 12.8. The smallest absolute Gasteiger partial charge is 0.418 e. The fraction of sp³-hybridized carbons (Fsp3) is 0.107. The summed E-state index contributed by atoms with van der Waals surface area (Å²) >= 11 is 0. The molecule has 6 nitrogen and oxygen atoms in total. The quantitative estimate of drug-likeness (QED) is 0.257. The third kappa shape index (κ3) is 5.08. The minimum atomic E-state index is -4.73. The fourth-order valence-corrected chi connectivity index (χ4v) is 5.15. The van der Waals surface area contributed by atoms with E-state index in [-0.39, 0.29) is 6.54 Å². The summed E-state index contributed by atoms with van der Waals surface area (Å²) in [5.41, 5.74) is 1.07. The van der Waals surface area contributed by atoms with Gasteiger partial charge in [-0.2, -0.15) is 13.2 Å². The number of hydrogen-bond acceptors (Lipinski definition) is 4. The van der Waals surface area contributed by atoms with Crippen LogP contribution in [-0.4, -0.2) is 20.6 Å². The van der Waals surface area contributed by atoms with Gasteiger partial charge in [0.1, 0.15) is 11.2 Å². The summed E-state index contributed by atoms with van der Waals surface area (Å²) in [6, 6.07) is 23.4. The second-order valence-electron chi connectivity index (χ2n) is 8.74. The predicted molar refractivity (Wildman–Crippen MR) is 141 cm³/mol. The minimum Gasteiger partial charge on any atom is -0.456 e. The van der Waals surface area contributed by atoms with Crippen molar-refractivity contribution in [3.8, 4) is 0 Å². The highest BCUT2D eigenvalue weighted by molar-refractivity contribution is 7.92. The molecule has 38 heavy (non-hydrogen) atoms. The lowest BCUT2D eigenvalue weighted by atomic mass is 10.1. The van der Waals surface area contributed by atoms with Crippen LogP contribution >= 0.6 is 0 Å². The topological polar surface area (TPSA) is 79.6 Å². The zero-order valence-electron chi connectivity index (χ0n) is 20.0. The summed E-state index contributed by atoms with van der Waals surface area (Å²) in [7, 11) is -4.05. The first-order valence-corrected chi connectivity index (χ1v) is 13.3. The third-order valence-electron chi connectivity index (χ3n) is 6.06. The van der Waals surface area contributed by atoms with Crippen molar-refractivity contribution in [2.24, 2.45) is 0 Å². The van der Waals surface area contributed by atoms with Crippen LogP contribution in [0.5, 0.6) is 0 Å². The number of anilines is 2. The van der Waals surface area contributed by atoms with E-state index in [1.54, 1.807) is 12.1 Å². The first-order valence-electron chi connectivity index (χ1n) is 11.5. The Bertz CT molecular complexity index is 1760. The Morgan fingerprint density at radius 2 is 1.53 bits per heavy atom. The van der Waals surface area contributed by atoms with E-state index in [0.29, 0.717) is 26.7 Å². The number of alkyl halides is 3. The number of nitrogens with zero attached hydrogens (tertiary/aromatic N) is 1. The molecule has 5 aromatic rings. The van der Waals surface area contributed by atoms with Gasteiger partial charge >= 0.3 is 6.18 Å². The summed E-state index contributed by atoms with van der Waals surface area (Å²) in [6.45, 7) is -0.337. The monoisotopic (exact) mass is 538 g/mol. The standard InChI is InChI=1S/C28H21F3N2O4S/c1-38(35,36)33(24-8-4-3-7-23(24)28(29,30)31)17-18-10-12-19(13-11-18)27(34)32-20-14-15-22-21-6-2-5-9-25(21)37-26(22)16-20/h2-16H,17H2,1H3,(H,32,34). The summed E-state index contributed by atoms with van der Waals surface area (Å²) in [5.74, 6) is -0.408. The van der Waals surface area contributed by atoms with Crippen molar-refractivity contribution in [1.29, 1.82) is 0 Å². The van der Waals surface area contributed by atoms with Gasteiger partial charge in [-0.3, -0.25) is 9.10 Å². The highest BCUT2D eigenvalue weighted by Crippen LogP contribution is 2.38. The van der Waals surface area contributed by atoms with Crippen molar-refractivity contribution >= 4 is 49.2 Å². The number of para-hydroxylation sites is 2. The molecule has 10 heteroatoms. The predicted octanol–water partition coefficient (Wildman–Crippen LogP) is 6.82. The maximum Gasteiger partial charge on any atom is 0.418 e. The fourth-order valence-electron chi connectivity index (χ4n) is 4.25. The molecule has 5 rings (SSSR count). The van der Waals surface area contributed by atoms with E-state index in [1.807, 2.05) is 30.3 Å². The number of benzene rings is 4. The van der Waals surface area contributed by atoms with Crippen LogP contribution in [-0.2, 0) is 22.7 Å². The molecule has 0 atom stereocenters. The van der Waals surface area contributed by atoms with Crippen LogP contribution in [0.4, 0.5) is 24.5 Å². The number of halogens is 3. The van der Waals surface area contributed by atoms with Crippen LogP contribution in [0, 0.1) is 0 Å². The van der Waals surface area contributed by atoms with E-state index in [4.69, 9.17) is 4.42 Å². The van der Waals surface area contributed by atoms with Gasteiger partial charge in [0.25, 0.3) is 5.91 Å².